The summed E-state index contributed by atoms with van der Waals surface area (Å²) in [5, 5.41) is 7.36. The Morgan fingerprint density at radius 3 is 2.62 bits per heavy atom. The normalized spacial score (nSPS) is 11.2. The van der Waals surface area contributed by atoms with Gasteiger partial charge >= 0.3 is 0 Å². The fraction of sp³-hybridized carbons (Fsp3) is 0.500. The second-order valence-corrected chi connectivity index (χ2v) is 4.97. The first-order valence-corrected chi connectivity index (χ1v) is 7.60. The number of nitrogens with one attached hydrogen (secondary N) is 1. The summed E-state index contributed by atoms with van der Waals surface area (Å²) in [6.07, 6.45) is 0.712. The Labute approximate surface area is 126 Å². The van der Waals surface area contributed by atoms with E-state index in [0.717, 1.165) is 32.0 Å². The zero-order valence-corrected chi connectivity index (χ0v) is 12.9. The Morgan fingerprint density at radius 1 is 1.14 bits per heavy atom. The molecule has 2 rings (SSSR count). The van der Waals surface area contributed by atoms with Gasteiger partial charge in [0.25, 0.3) is 0 Å². The zero-order chi connectivity index (χ0) is 14.9. The van der Waals surface area contributed by atoms with Crippen molar-refractivity contribution in [2.24, 2.45) is 0 Å². The molecule has 5 heteroatoms. The quantitative estimate of drug-likeness (QED) is 0.716. The highest BCUT2D eigenvalue weighted by atomic mass is 16.5. The lowest BCUT2D eigenvalue weighted by Crippen LogP contribution is -2.31. The van der Waals surface area contributed by atoms with Crippen LogP contribution >= 0.6 is 0 Å². The summed E-state index contributed by atoms with van der Waals surface area (Å²) in [5.74, 6) is 1.39. The molecular formula is C16H24N4O. The van der Waals surface area contributed by atoms with E-state index in [2.05, 4.69) is 46.3 Å². The first-order chi connectivity index (χ1) is 10.3. The van der Waals surface area contributed by atoms with E-state index < -0.39 is 0 Å². The monoisotopic (exact) mass is 288 g/mol. The van der Waals surface area contributed by atoms with Crippen molar-refractivity contribution in [1.82, 2.24) is 20.4 Å². The smallest absolute Gasteiger partial charge is 0.240 e. The van der Waals surface area contributed by atoms with Gasteiger partial charge in [-0.05, 0) is 18.7 Å². The zero-order valence-electron chi connectivity index (χ0n) is 12.9. The van der Waals surface area contributed by atoms with E-state index in [9.17, 15) is 0 Å². The lowest BCUT2D eigenvalue weighted by Gasteiger charge is -2.17. The number of likely N-dealkylation sites (N-methyl/N-ethyl adjacent to an activating group) is 1. The van der Waals surface area contributed by atoms with Gasteiger partial charge in [0.1, 0.15) is 0 Å². The highest BCUT2D eigenvalue weighted by molar-refractivity contribution is 5.18. The molecule has 0 saturated heterocycles. The lowest BCUT2D eigenvalue weighted by molar-refractivity contribution is 0.297. The van der Waals surface area contributed by atoms with Crippen molar-refractivity contribution in [3.05, 3.63) is 47.6 Å². The summed E-state index contributed by atoms with van der Waals surface area (Å²) in [5.41, 5.74) is 1.19. The number of rotatable bonds is 9. The number of nitrogens with zero attached hydrogens (tertiary/aromatic N) is 3. The van der Waals surface area contributed by atoms with E-state index in [-0.39, 0.29) is 0 Å². The number of hydrogen-bond donors (Lipinski definition) is 1. The van der Waals surface area contributed by atoms with Crippen LogP contribution in [0.15, 0.2) is 34.9 Å². The van der Waals surface area contributed by atoms with Gasteiger partial charge in [-0.15, -0.1) is 0 Å². The fourth-order valence-corrected chi connectivity index (χ4v) is 2.18. The first-order valence-electron chi connectivity index (χ1n) is 7.60. The van der Waals surface area contributed by atoms with Gasteiger partial charge in [0.05, 0.1) is 6.54 Å². The van der Waals surface area contributed by atoms with Crippen LogP contribution in [-0.4, -0.2) is 41.2 Å². The molecule has 0 saturated carbocycles. The van der Waals surface area contributed by atoms with E-state index in [1.165, 1.54) is 5.56 Å². The number of benzene rings is 1. The second kappa shape index (κ2) is 8.54. The van der Waals surface area contributed by atoms with Gasteiger partial charge in [0.15, 0.2) is 5.82 Å². The highest BCUT2D eigenvalue weighted by Gasteiger charge is 2.06. The molecule has 5 nitrogen and oxygen atoms in total. The minimum Gasteiger partial charge on any atom is -0.338 e. The van der Waals surface area contributed by atoms with Crippen LogP contribution in [0, 0.1) is 0 Å². The van der Waals surface area contributed by atoms with E-state index in [1.54, 1.807) is 0 Å². The maximum Gasteiger partial charge on any atom is 0.240 e. The van der Waals surface area contributed by atoms with E-state index in [4.69, 9.17) is 4.52 Å². The van der Waals surface area contributed by atoms with Gasteiger partial charge in [-0.25, -0.2) is 0 Å². The van der Waals surface area contributed by atoms with Crippen molar-refractivity contribution in [1.29, 1.82) is 0 Å². The molecule has 2 aromatic rings. The molecular weight excluding hydrogens is 264 g/mol. The van der Waals surface area contributed by atoms with Gasteiger partial charge in [-0.2, -0.15) is 4.98 Å². The van der Waals surface area contributed by atoms with Crippen molar-refractivity contribution >= 4 is 0 Å². The summed E-state index contributed by atoms with van der Waals surface area (Å²) in [6, 6.07) is 10.2. The van der Waals surface area contributed by atoms with Crippen LogP contribution in [0.25, 0.3) is 0 Å². The van der Waals surface area contributed by atoms with E-state index in [0.29, 0.717) is 18.9 Å². The van der Waals surface area contributed by atoms with Crippen LogP contribution < -0.4 is 5.32 Å². The Balaban J connectivity index is 1.73. The molecule has 1 aromatic carbocycles. The van der Waals surface area contributed by atoms with Crippen molar-refractivity contribution in [3.63, 3.8) is 0 Å². The Bertz CT molecular complexity index is 508. The Kier molecular flexibility index (Phi) is 6.37. The highest BCUT2D eigenvalue weighted by Crippen LogP contribution is 2.06. The average Bonchev–Trinajstić information content (AvgIpc) is 2.96. The van der Waals surface area contributed by atoms with E-state index >= 15 is 0 Å². The molecule has 0 unspecified atom stereocenters. The van der Waals surface area contributed by atoms with Crippen LogP contribution in [0.1, 0.15) is 31.1 Å². The van der Waals surface area contributed by atoms with Crippen LogP contribution in [0.3, 0.4) is 0 Å². The third kappa shape index (κ3) is 5.28. The molecule has 0 bridgehead atoms. The van der Waals surface area contributed by atoms with Crippen molar-refractivity contribution in [2.45, 2.75) is 26.8 Å². The molecule has 21 heavy (non-hydrogen) atoms. The lowest BCUT2D eigenvalue weighted by atomic mass is 10.1. The first kappa shape index (κ1) is 15.7. The molecule has 114 valence electrons. The van der Waals surface area contributed by atoms with Gasteiger partial charge in [-0.3, -0.25) is 0 Å². The summed E-state index contributed by atoms with van der Waals surface area (Å²) in [4.78, 5) is 6.79. The summed E-state index contributed by atoms with van der Waals surface area (Å²) in [6.45, 7) is 9.12. The van der Waals surface area contributed by atoms with Crippen LogP contribution in [-0.2, 0) is 13.0 Å². The molecule has 1 N–H and O–H groups in total. The molecule has 0 aliphatic carbocycles. The van der Waals surface area contributed by atoms with Crippen LogP contribution in [0.4, 0.5) is 0 Å². The molecule has 0 aliphatic rings. The third-order valence-corrected chi connectivity index (χ3v) is 3.49. The molecule has 1 aromatic heterocycles. The summed E-state index contributed by atoms with van der Waals surface area (Å²) >= 11 is 0. The minimum atomic E-state index is 0.628. The molecule has 1 heterocycles. The average molecular weight is 288 g/mol. The maximum atomic E-state index is 5.26. The number of aromatic nitrogens is 2. The van der Waals surface area contributed by atoms with Crippen molar-refractivity contribution in [2.75, 3.05) is 26.2 Å². The minimum absolute atomic E-state index is 0.628. The fourth-order valence-electron chi connectivity index (χ4n) is 2.18. The SMILES string of the molecule is CCN(CC)CCNCc1nc(Cc2ccccc2)no1. The van der Waals surface area contributed by atoms with Gasteiger partial charge in [0.2, 0.25) is 5.89 Å². The van der Waals surface area contributed by atoms with E-state index in [1.807, 2.05) is 18.2 Å². The molecule has 0 atom stereocenters. The molecule has 0 spiro atoms. The molecule has 0 aliphatic heterocycles. The van der Waals surface area contributed by atoms with Gasteiger partial charge in [0, 0.05) is 19.5 Å². The third-order valence-electron chi connectivity index (χ3n) is 3.49. The van der Waals surface area contributed by atoms with Crippen LogP contribution in [0.2, 0.25) is 0 Å². The standard InChI is InChI=1S/C16H24N4O/c1-3-20(4-2)11-10-17-13-16-18-15(19-21-16)12-14-8-6-5-7-9-14/h5-9,17H,3-4,10-13H2,1-2H3. The van der Waals surface area contributed by atoms with Crippen LogP contribution in [0.5, 0.6) is 0 Å². The Hall–Kier alpha value is -1.72. The maximum absolute atomic E-state index is 5.26. The summed E-state index contributed by atoms with van der Waals surface area (Å²) < 4.78 is 5.26. The predicted octanol–water partition coefficient (Wildman–Crippen LogP) is 2.09. The molecule has 0 fully saturated rings. The Morgan fingerprint density at radius 2 is 1.90 bits per heavy atom. The molecule has 0 amide bonds. The van der Waals surface area contributed by atoms with Crippen molar-refractivity contribution in [3.8, 4) is 0 Å². The molecule has 0 radical (unpaired) electrons. The predicted molar refractivity (Wildman–Crippen MR) is 83.0 cm³/mol. The van der Waals surface area contributed by atoms with Crippen molar-refractivity contribution < 1.29 is 4.52 Å². The largest absolute Gasteiger partial charge is 0.338 e. The summed E-state index contributed by atoms with van der Waals surface area (Å²) in [7, 11) is 0. The topological polar surface area (TPSA) is 54.2 Å². The number of hydrogen-bond acceptors (Lipinski definition) is 5. The second-order valence-electron chi connectivity index (χ2n) is 4.97. The van der Waals surface area contributed by atoms with Gasteiger partial charge in [-0.1, -0.05) is 49.3 Å². The van der Waals surface area contributed by atoms with Gasteiger partial charge < -0.3 is 14.7 Å².